The number of esters is 1. The van der Waals surface area contributed by atoms with E-state index >= 15 is 0 Å². The molecular weight excluding hydrogens is 230 g/mol. The van der Waals surface area contributed by atoms with Crippen molar-refractivity contribution in [2.45, 2.75) is 13.8 Å². The van der Waals surface area contributed by atoms with Crippen LogP contribution in [0, 0.1) is 6.92 Å². The van der Waals surface area contributed by atoms with Gasteiger partial charge in [0.25, 0.3) is 0 Å². The number of ether oxygens (including phenoxy) is 1. The fourth-order valence-corrected chi connectivity index (χ4v) is 2.10. The highest BCUT2D eigenvalue weighted by Gasteiger charge is 2.16. The third kappa shape index (κ3) is 2.79. The second kappa shape index (κ2) is 5.82. The summed E-state index contributed by atoms with van der Waals surface area (Å²) in [4.78, 5) is 18.2. The van der Waals surface area contributed by atoms with E-state index in [1.165, 1.54) is 0 Å². The average molecular weight is 249 g/mol. The SMILES string of the molecule is CCOC(=O)c1cnc(N2CCNCC2)c(C)c1. The Hall–Kier alpha value is -1.62. The number of aryl methyl sites for hydroxylation is 1. The van der Waals surface area contributed by atoms with E-state index in [4.69, 9.17) is 4.74 Å². The van der Waals surface area contributed by atoms with E-state index in [-0.39, 0.29) is 5.97 Å². The number of carbonyl (C=O) groups excluding carboxylic acids is 1. The maximum atomic E-state index is 11.6. The molecular formula is C13H19N3O2. The molecule has 2 heterocycles. The summed E-state index contributed by atoms with van der Waals surface area (Å²) in [7, 11) is 0. The van der Waals surface area contributed by atoms with Crippen LogP contribution in [0.25, 0.3) is 0 Å². The molecule has 0 saturated carbocycles. The zero-order valence-corrected chi connectivity index (χ0v) is 10.9. The van der Waals surface area contributed by atoms with Crippen molar-refractivity contribution in [1.82, 2.24) is 10.3 Å². The van der Waals surface area contributed by atoms with Crippen molar-refractivity contribution in [1.29, 1.82) is 0 Å². The topological polar surface area (TPSA) is 54.5 Å². The second-order valence-electron chi connectivity index (χ2n) is 4.32. The summed E-state index contributed by atoms with van der Waals surface area (Å²) in [5.41, 5.74) is 1.54. The number of pyridine rings is 1. The van der Waals surface area contributed by atoms with Crippen LogP contribution in [0.5, 0.6) is 0 Å². The molecule has 18 heavy (non-hydrogen) atoms. The van der Waals surface area contributed by atoms with Crippen LogP contribution in [0.3, 0.4) is 0 Å². The van der Waals surface area contributed by atoms with Gasteiger partial charge in [-0.1, -0.05) is 0 Å². The third-order valence-corrected chi connectivity index (χ3v) is 2.98. The van der Waals surface area contributed by atoms with E-state index in [1.807, 2.05) is 13.0 Å². The summed E-state index contributed by atoms with van der Waals surface area (Å²) in [5, 5.41) is 3.31. The summed E-state index contributed by atoms with van der Waals surface area (Å²) >= 11 is 0. The molecule has 1 aliphatic heterocycles. The largest absolute Gasteiger partial charge is 0.462 e. The molecule has 0 unspecified atom stereocenters. The maximum absolute atomic E-state index is 11.6. The summed E-state index contributed by atoms with van der Waals surface area (Å²) in [6.07, 6.45) is 1.60. The molecule has 2 rings (SSSR count). The Labute approximate surface area is 107 Å². The Morgan fingerprint density at radius 1 is 1.50 bits per heavy atom. The Balaban J connectivity index is 2.16. The summed E-state index contributed by atoms with van der Waals surface area (Å²) in [6.45, 7) is 8.01. The van der Waals surface area contributed by atoms with E-state index in [0.29, 0.717) is 12.2 Å². The Kier molecular flexibility index (Phi) is 4.15. The summed E-state index contributed by atoms with van der Waals surface area (Å²) in [6, 6.07) is 1.85. The molecule has 0 bridgehead atoms. The third-order valence-electron chi connectivity index (χ3n) is 2.98. The first kappa shape index (κ1) is 12.8. The second-order valence-corrected chi connectivity index (χ2v) is 4.32. The molecule has 1 fully saturated rings. The van der Waals surface area contributed by atoms with Crippen molar-refractivity contribution >= 4 is 11.8 Å². The molecule has 0 radical (unpaired) electrons. The van der Waals surface area contributed by atoms with Crippen LogP contribution >= 0.6 is 0 Å². The van der Waals surface area contributed by atoms with Crippen LogP contribution in [0.4, 0.5) is 5.82 Å². The maximum Gasteiger partial charge on any atom is 0.339 e. The van der Waals surface area contributed by atoms with Gasteiger partial charge in [-0.05, 0) is 25.5 Å². The zero-order chi connectivity index (χ0) is 13.0. The van der Waals surface area contributed by atoms with Crippen molar-refractivity contribution in [2.75, 3.05) is 37.7 Å². The van der Waals surface area contributed by atoms with E-state index < -0.39 is 0 Å². The highest BCUT2D eigenvalue weighted by molar-refractivity contribution is 5.89. The molecule has 1 N–H and O–H groups in total. The van der Waals surface area contributed by atoms with Gasteiger partial charge in [-0.3, -0.25) is 0 Å². The molecule has 0 atom stereocenters. The van der Waals surface area contributed by atoms with Gasteiger partial charge < -0.3 is 15.0 Å². The van der Waals surface area contributed by atoms with Crippen molar-refractivity contribution in [3.05, 3.63) is 23.4 Å². The fraction of sp³-hybridized carbons (Fsp3) is 0.538. The molecule has 0 spiro atoms. The quantitative estimate of drug-likeness (QED) is 0.809. The van der Waals surface area contributed by atoms with Gasteiger partial charge in [0.1, 0.15) is 5.82 Å². The first-order chi connectivity index (χ1) is 8.72. The van der Waals surface area contributed by atoms with Gasteiger partial charge >= 0.3 is 5.97 Å². The van der Waals surface area contributed by atoms with Crippen LogP contribution in [0.15, 0.2) is 12.3 Å². The lowest BCUT2D eigenvalue weighted by atomic mass is 10.2. The van der Waals surface area contributed by atoms with Gasteiger partial charge in [0.15, 0.2) is 0 Å². The van der Waals surface area contributed by atoms with E-state index in [0.717, 1.165) is 37.6 Å². The van der Waals surface area contributed by atoms with Crippen LogP contribution in [0.1, 0.15) is 22.8 Å². The van der Waals surface area contributed by atoms with E-state index in [2.05, 4.69) is 15.2 Å². The Morgan fingerprint density at radius 2 is 2.22 bits per heavy atom. The highest BCUT2D eigenvalue weighted by atomic mass is 16.5. The molecule has 5 nitrogen and oxygen atoms in total. The van der Waals surface area contributed by atoms with Crippen LogP contribution < -0.4 is 10.2 Å². The van der Waals surface area contributed by atoms with Gasteiger partial charge in [0.05, 0.1) is 12.2 Å². The lowest BCUT2D eigenvalue weighted by molar-refractivity contribution is 0.0526. The molecule has 0 aliphatic carbocycles. The Bertz CT molecular complexity index is 428. The lowest BCUT2D eigenvalue weighted by Crippen LogP contribution is -2.44. The van der Waals surface area contributed by atoms with Crippen LogP contribution in [-0.4, -0.2) is 43.7 Å². The number of nitrogens with zero attached hydrogens (tertiary/aromatic N) is 2. The summed E-state index contributed by atoms with van der Waals surface area (Å²) in [5.74, 6) is 0.657. The van der Waals surface area contributed by atoms with Crippen molar-refractivity contribution < 1.29 is 9.53 Å². The number of aromatic nitrogens is 1. The smallest absolute Gasteiger partial charge is 0.339 e. The van der Waals surface area contributed by atoms with E-state index in [1.54, 1.807) is 13.1 Å². The first-order valence-corrected chi connectivity index (χ1v) is 6.32. The van der Waals surface area contributed by atoms with E-state index in [9.17, 15) is 4.79 Å². The number of nitrogens with one attached hydrogen (secondary N) is 1. The van der Waals surface area contributed by atoms with Crippen molar-refractivity contribution in [2.24, 2.45) is 0 Å². The van der Waals surface area contributed by atoms with Crippen molar-refractivity contribution in [3.63, 3.8) is 0 Å². The number of carbonyl (C=O) groups is 1. The number of rotatable bonds is 3. The molecule has 5 heteroatoms. The molecule has 1 aliphatic rings. The fourth-order valence-electron chi connectivity index (χ4n) is 2.10. The minimum Gasteiger partial charge on any atom is -0.462 e. The Morgan fingerprint density at radius 3 is 2.83 bits per heavy atom. The standard InChI is InChI=1S/C13H19N3O2/c1-3-18-13(17)11-8-10(2)12(15-9-11)16-6-4-14-5-7-16/h8-9,14H,3-7H2,1-2H3. The van der Waals surface area contributed by atoms with Gasteiger partial charge in [-0.15, -0.1) is 0 Å². The molecule has 1 aromatic heterocycles. The minimum absolute atomic E-state index is 0.306. The predicted octanol–water partition coefficient (Wildman–Crippen LogP) is 0.976. The normalized spacial score (nSPS) is 15.6. The highest BCUT2D eigenvalue weighted by Crippen LogP contribution is 2.18. The van der Waals surface area contributed by atoms with Crippen LogP contribution in [-0.2, 0) is 4.74 Å². The molecule has 98 valence electrons. The number of hydrogen-bond donors (Lipinski definition) is 1. The van der Waals surface area contributed by atoms with Gasteiger partial charge in [0.2, 0.25) is 0 Å². The molecule has 1 aromatic rings. The number of hydrogen-bond acceptors (Lipinski definition) is 5. The van der Waals surface area contributed by atoms with Gasteiger partial charge in [-0.25, -0.2) is 9.78 Å². The zero-order valence-electron chi connectivity index (χ0n) is 10.9. The predicted molar refractivity (Wildman–Crippen MR) is 70.0 cm³/mol. The summed E-state index contributed by atoms with van der Waals surface area (Å²) < 4.78 is 4.97. The first-order valence-electron chi connectivity index (χ1n) is 6.32. The number of anilines is 1. The molecule has 0 amide bonds. The minimum atomic E-state index is -0.306. The van der Waals surface area contributed by atoms with Crippen molar-refractivity contribution in [3.8, 4) is 0 Å². The monoisotopic (exact) mass is 249 g/mol. The lowest BCUT2D eigenvalue weighted by Gasteiger charge is -2.29. The van der Waals surface area contributed by atoms with Gasteiger partial charge in [-0.2, -0.15) is 0 Å². The number of piperazine rings is 1. The average Bonchev–Trinajstić information content (AvgIpc) is 2.40. The van der Waals surface area contributed by atoms with Gasteiger partial charge in [0, 0.05) is 32.4 Å². The molecule has 0 aromatic carbocycles. The molecule has 1 saturated heterocycles. The van der Waals surface area contributed by atoms with Crippen LogP contribution in [0.2, 0.25) is 0 Å².